The number of hydrogen-bond donors (Lipinski definition) is 2. The lowest BCUT2D eigenvalue weighted by molar-refractivity contribution is 0.630. The number of imidazole rings is 1. The van der Waals surface area contributed by atoms with Gasteiger partial charge in [-0.3, -0.25) is 0 Å². The summed E-state index contributed by atoms with van der Waals surface area (Å²) in [5.41, 5.74) is 3.93. The summed E-state index contributed by atoms with van der Waals surface area (Å²) >= 11 is 1.46. The molecule has 0 saturated carbocycles. The Balaban J connectivity index is 1.42. The predicted molar refractivity (Wildman–Crippen MR) is 116 cm³/mol. The third kappa shape index (κ3) is 3.59. The number of fused-ring (bicyclic) bond motifs is 2. The molecule has 0 aliphatic rings. The van der Waals surface area contributed by atoms with Crippen molar-refractivity contribution in [2.24, 2.45) is 0 Å². The quantitative estimate of drug-likeness (QED) is 0.399. The molecule has 7 nitrogen and oxygen atoms in total. The van der Waals surface area contributed by atoms with Crippen molar-refractivity contribution in [3.8, 4) is 0 Å². The number of aromatic amines is 1. The van der Waals surface area contributed by atoms with Gasteiger partial charge in [-0.25, -0.2) is 14.4 Å². The van der Waals surface area contributed by atoms with Gasteiger partial charge in [-0.2, -0.15) is 9.50 Å². The molecule has 9 heteroatoms. The number of aryl methyl sites for hydroxylation is 2. The molecule has 2 aromatic carbocycles. The van der Waals surface area contributed by atoms with Crippen molar-refractivity contribution in [3.05, 3.63) is 71.4 Å². The van der Waals surface area contributed by atoms with Crippen molar-refractivity contribution >= 4 is 40.1 Å². The molecule has 2 N–H and O–H groups in total. The van der Waals surface area contributed by atoms with Crippen LogP contribution in [0.2, 0.25) is 0 Å². The highest BCUT2D eigenvalue weighted by Crippen LogP contribution is 2.25. The minimum absolute atomic E-state index is 0.322. The van der Waals surface area contributed by atoms with Gasteiger partial charge in [-0.15, -0.1) is 5.10 Å². The van der Waals surface area contributed by atoms with E-state index in [0.29, 0.717) is 28.2 Å². The molecule has 0 atom stereocenters. The molecule has 30 heavy (non-hydrogen) atoms. The fourth-order valence-electron chi connectivity index (χ4n) is 3.19. The minimum atomic E-state index is -0.322. The molecule has 3 aromatic heterocycles. The van der Waals surface area contributed by atoms with Crippen LogP contribution in [0, 0.1) is 19.7 Å². The van der Waals surface area contributed by atoms with E-state index in [0.717, 1.165) is 28.1 Å². The van der Waals surface area contributed by atoms with E-state index >= 15 is 0 Å². The maximum absolute atomic E-state index is 14.3. The Morgan fingerprint density at radius 1 is 1.07 bits per heavy atom. The second-order valence-corrected chi connectivity index (χ2v) is 7.93. The number of nitrogens with one attached hydrogen (secondary N) is 2. The molecular weight excluding hydrogens is 401 g/mol. The minimum Gasteiger partial charge on any atom is -0.341 e. The van der Waals surface area contributed by atoms with Crippen molar-refractivity contribution < 1.29 is 4.39 Å². The van der Waals surface area contributed by atoms with Crippen LogP contribution in [-0.2, 0) is 5.75 Å². The topological polar surface area (TPSA) is 83.8 Å². The van der Waals surface area contributed by atoms with E-state index in [2.05, 4.69) is 30.4 Å². The highest BCUT2D eigenvalue weighted by Gasteiger charge is 2.13. The van der Waals surface area contributed by atoms with Crippen LogP contribution in [-0.4, -0.2) is 29.5 Å². The first kappa shape index (κ1) is 18.6. The highest BCUT2D eigenvalue weighted by atomic mass is 32.2. The average Bonchev–Trinajstić information content (AvgIpc) is 3.31. The molecule has 0 unspecified atom stereocenters. The van der Waals surface area contributed by atoms with E-state index < -0.39 is 0 Å². The predicted octanol–water partition coefficient (Wildman–Crippen LogP) is 4.79. The van der Waals surface area contributed by atoms with Gasteiger partial charge in [0.25, 0.3) is 5.78 Å². The molecule has 0 fully saturated rings. The number of thioether (sulfide) groups is 1. The highest BCUT2D eigenvalue weighted by molar-refractivity contribution is 7.98. The second-order valence-electron chi connectivity index (χ2n) is 6.99. The van der Waals surface area contributed by atoms with Gasteiger partial charge in [0.05, 0.1) is 22.5 Å². The molecule has 0 bridgehead atoms. The van der Waals surface area contributed by atoms with Gasteiger partial charge in [0.2, 0.25) is 5.16 Å². The number of hydrogen-bond acceptors (Lipinski definition) is 6. The monoisotopic (exact) mass is 419 g/mol. The third-order valence-electron chi connectivity index (χ3n) is 4.58. The summed E-state index contributed by atoms with van der Waals surface area (Å²) in [4.78, 5) is 16.8. The van der Waals surface area contributed by atoms with Crippen LogP contribution in [0.15, 0.2) is 53.7 Å². The average molecular weight is 419 g/mol. The Hall–Kier alpha value is -3.46. The molecule has 0 aliphatic heterocycles. The standard InChI is InChI=1S/C21H18FN7S/c1-12-7-8-15(14(22)9-12)26-19-10-13(2)23-20-27-21(28-29(19)20)30-11-18-24-16-5-3-4-6-17(16)25-18/h3-10,26H,11H2,1-2H3,(H,24,25). The number of H-pyrrole nitrogens is 1. The van der Waals surface area contributed by atoms with E-state index in [9.17, 15) is 4.39 Å². The summed E-state index contributed by atoms with van der Waals surface area (Å²) in [6, 6.07) is 14.8. The van der Waals surface area contributed by atoms with Crippen LogP contribution < -0.4 is 5.32 Å². The van der Waals surface area contributed by atoms with Gasteiger partial charge in [0.15, 0.2) is 0 Å². The Kier molecular flexibility index (Phi) is 4.59. The summed E-state index contributed by atoms with van der Waals surface area (Å²) in [5, 5.41) is 8.22. The molecule has 0 spiro atoms. The zero-order valence-electron chi connectivity index (χ0n) is 16.3. The Morgan fingerprint density at radius 3 is 2.77 bits per heavy atom. The first-order valence-electron chi connectivity index (χ1n) is 9.39. The fourth-order valence-corrected chi connectivity index (χ4v) is 3.87. The molecule has 3 heterocycles. The molecule has 5 aromatic rings. The summed E-state index contributed by atoms with van der Waals surface area (Å²) in [5.74, 6) is 2.18. The third-order valence-corrected chi connectivity index (χ3v) is 5.43. The number of nitrogens with zero attached hydrogens (tertiary/aromatic N) is 5. The molecular formula is C21H18FN7S. The van der Waals surface area contributed by atoms with E-state index in [1.807, 2.05) is 50.2 Å². The molecule has 0 saturated heterocycles. The van der Waals surface area contributed by atoms with Gasteiger partial charge >= 0.3 is 0 Å². The number of halogens is 1. The Bertz CT molecular complexity index is 1340. The van der Waals surface area contributed by atoms with Gasteiger partial charge in [0, 0.05) is 11.8 Å². The number of benzene rings is 2. The number of rotatable bonds is 5. The SMILES string of the molecule is Cc1ccc(Nc2cc(C)nc3nc(SCc4nc5ccccc5[nH]4)nn23)c(F)c1. The largest absolute Gasteiger partial charge is 0.341 e. The van der Waals surface area contributed by atoms with Gasteiger partial charge in [0.1, 0.15) is 17.5 Å². The van der Waals surface area contributed by atoms with Crippen LogP contribution in [0.25, 0.3) is 16.8 Å². The first-order valence-corrected chi connectivity index (χ1v) is 10.4. The van der Waals surface area contributed by atoms with Crippen molar-refractivity contribution in [3.63, 3.8) is 0 Å². The van der Waals surface area contributed by atoms with E-state index in [-0.39, 0.29) is 5.82 Å². The molecule has 0 radical (unpaired) electrons. The summed E-state index contributed by atoms with van der Waals surface area (Å²) in [7, 11) is 0. The number of anilines is 2. The lowest BCUT2D eigenvalue weighted by Crippen LogP contribution is -2.04. The lowest BCUT2D eigenvalue weighted by Gasteiger charge is -2.09. The Labute approximate surface area is 175 Å². The summed E-state index contributed by atoms with van der Waals surface area (Å²) < 4.78 is 15.9. The van der Waals surface area contributed by atoms with E-state index in [4.69, 9.17) is 0 Å². The van der Waals surface area contributed by atoms with Crippen LogP contribution in [0.5, 0.6) is 0 Å². The van der Waals surface area contributed by atoms with Gasteiger partial charge < -0.3 is 10.3 Å². The normalized spacial score (nSPS) is 11.4. The maximum atomic E-state index is 14.3. The van der Waals surface area contributed by atoms with E-state index in [1.54, 1.807) is 10.6 Å². The molecule has 150 valence electrons. The summed E-state index contributed by atoms with van der Waals surface area (Å²) in [6.45, 7) is 3.72. The lowest BCUT2D eigenvalue weighted by atomic mass is 10.2. The Morgan fingerprint density at radius 2 is 1.93 bits per heavy atom. The van der Waals surface area contributed by atoms with Crippen molar-refractivity contribution in [2.45, 2.75) is 24.8 Å². The smallest absolute Gasteiger partial charge is 0.255 e. The van der Waals surface area contributed by atoms with Crippen LogP contribution in [0.1, 0.15) is 17.1 Å². The van der Waals surface area contributed by atoms with Gasteiger partial charge in [-0.05, 0) is 43.7 Å². The molecule has 0 amide bonds. The maximum Gasteiger partial charge on any atom is 0.255 e. The zero-order valence-corrected chi connectivity index (χ0v) is 17.2. The van der Waals surface area contributed by atoms with Crippen molar-refractivity contribution in [2.75, 3.05) is 5.32 Å². The zero-order chi connectivity index (χ0) is 20.7. The van der Waals surface area contributed by atoms with Crippen LogP contribution >= 0.6 is 11.8 Å². The molecule has 0 aliphatic carbocycles. The fraction of sp³-hybridized carbons (Fsp3) is 0.143. The van der Waals surface area contributed by atoms with Crippen LogP contribution in [0.4, 0.5) is 15.9 Å². The van der Waals surface area contributed by atoms with Crippen LogP contribution in [0.3, 0.4) is 0 Å². The first-order chi connectivity index (χ1) is 14.5. The van der Waals surface area contributed by atoms with E-state index in [1.165, 1.54) is 17.8 Å². The van der Waals surface area contributed by atoms with Crippen molar-refractivity contribution in [1.82, 2.24) is 29.5 Å². The summed E-state index contributed by atoms with van der Waals surface area (Å²) in [6.07, 6.45) is 0. The number of aromatic nitrogens is 6. The molecule has 5 rings (SSSR count). The number of para-hydroxylation sites is 2. The second kappa shape index (κ2) is 7.42. The van der Waals surface area contributed by atoms with Crippen molar-refractivity contribution in [1.29, 1.82) is 0 Å². The van der Waals surface area contributed by atoms with Gasteiger partial charge in [-0.1, -0.05) is 30.0 Å².